The van der Waals surface area contributed by atoms with E-state index < -0.39 is 0 Å². The van der Waals surface area contributed by atoms with Gasteiger partial charge in [0.05, 0.1) is 12.2 Å². The summed E-state index contributed by atoms with van der Waals surface area (Å²) in [6.07, 6.45) is 7.10. The topological polar surface area (TPSA) is 29.5 Å². The van der Waals surface area contributed by atoms with Gasteiger partial charge >= 0.3 is 0 Å². The van der Waals surface area contributed by atoms with Gasteiger partial charge in [-0.3, -0.25) is 0 Å². The van der Waals surface area contributed by atoms with E-state index in [4.69, 9.17) is 4.74 Å². The minimum atomic E-state index is -0.286. The number of rotatable bonds is 2. The lowest BCUT2D eigenvalue weighted by Crippen LogP contribution is -2.42. The van der Waals surface area contributed by atoms with Crippen molar-refractivity contribution < 1.29 is 9.84 Å². The highest BCUT2D eigenvalue weighted by Gasteiger charge is 2.48. The summed E-state index contributed by atoms with van der Waals surface area (Å²) in [5.41, 5.74) is 2.42. The van der Waals surface area contributed by atoms with Crippen LogP contribution in [0, 0.1) is 5.41 Å². The highest BCUT2D eigenvalue weighted by Crippen LogP contribution is 2.49. The summed E-state index contributed by atoms with van der Waals surface area (Å²) >= 11 is 0. The Kier molecular flexibility index (Phi) is 3.22. The predicted octanol–water partition coefficient (Wildman–Crippen LogP) is 2.83. The van der Waals surface area contributed by atoms with Crippen molar-refractivity contribution in [2.24, 2.45) is 5.41 Å². The summed E-state index contributed by atoms with van der Waals surface area (Å²) in [7, 11) is 0. The van der Waals surface area contributed by atoms with Crippen molar-refractivity contribution in [1.29, 1.82) is 0 Å². The van der Waals surface area contributed by atoms with Crippen molar-refractivity contribution in [3.8, 4) is 0 Å². The molecule has 0 radical (unpaired) electrons. The molecule has 0 aliphatic heterocycles. The fourth-order valence-electron chi connectivity index (χ4n) is 3.15. The molecule has 0 amide bonds. The van der Waals surface area contributed by atoms with Crippen LogP contribution in [0.15, 0.2) is 23.3 Å². The predicted molar refractivity (Wildman–Crippen MR) is 65.2 cm³/mol. The number of allylic oxidation sites excluding steroid dienone is 2. The fourth-order valence-corrected chi connectivity index (χ4v) is 3.15. The lowest BCUT2D eigenvalue weighted by molar-refractivity contribution is -0.0612. The SMILES string of the molecule is CCO[C@@H]1CC=C2C(C)=CCC[C@H](O)[C@@]21C. The van der Waals surface area contributed by atoms with Crippen molar-refractivity contribution in [3.63, 3.8) is 0 Å². The van der Waals surface area contributed by atoms with E-state index in [1.54, 1.807) is 0 Å². The number of aliphatic hydroxyl groups is 1. The molecule has 0 unspecified atom stereocenters. The van der Waals surface area contributed by atoms with Crippen LogP contribution in [-0.4, -0.2) is 23.9 Å². The monoisotopic (exact) mass is 222 g/mol. The van der Waals surface area contributed by atoms with Crippen molar-refractivity contribution in [3.05, 3.63) is 23.3 Å². The molecule has 2 aliphatic carbocycles. The van der Waals surface area contributed by atoms with Gasteiger partial charge in [0.15, 0.2) is 0 Å². The minimum Gasteiger partial charge on any atom is -0.392 e. The van der Waals surface area contributed by atoms with Gasteiger partial charge in [0, 0.05) is 12.0 Å². The molecule has 2 heteroatoms. The maximum absolute atomic E-state index is 10.4. The van der Waals surface area contributed by atoms with Crippen LogP contribution in [0.2, 0.25) is 0 Å². The third-order valence-corrected chi connectivity index (χ3v) is 4.16. The number of hydrogen-bond acceptors (Lipinski definition) is 2. The quantitative estimate of drug-likeness (QED) is 0.778. The maximum atomic E-state index is 10.4. The van der Waals surface area contributed by atoms with Crippen LogP contribution in [0.25, 0.3) is 0 Å². The minimum absolute atomic E-state index is 0.143. The van der Waals surface area contributed by atoms with Gasteiger partial charge in [0.25, 0.3) is 0 Å². The molecule has 2 aliphatic rings. The normalized spacial score (nSPS) is 38.8. The standard InChI is InChI=1S/C14H22O2/c1-4-16-13-9-8-11-10(2)6-5-7-12(15)14(11,13)3/h6,8,12-13,15H,4-5,7,9H2,1-3H3/t12-,13+,14+/m0/s1. The van der Waals surface area contributed by atoms with E-state index in [0.29, 0.717) is 0 Å². The van der Waals surface area contributed by atoms with E-state index in [1.807, 2.05) is 6.92 Å². The van der Waals surface area contributed by atoms with Crippen LogP contribution < -0.4 is 0 Å². The van der Waals surface area contributed by atoms with Gasteiger partial charge in [0.1, 0.15) is 0 Å². The summed E-state index contributed by atoms with van der Waals surface area (Å²) in [5, 5.41) is 10.4. The average molecular weight is 222 g/mol. The Morgan fingerprint density at radius 3 is 2.94 bits per heavy atom. The Balaban J connectivity index is 2.35. The smallest absolute Gasteiger partial charge is 0.0728 e. The number of hydrogen-bond donors (Lipinski definition) is 1. The van der Waals surface area contributed by atoms with Crippen LogP contribution in [0.5, 0.6) is 0 Å². The molecule has 90 valence electrons. The Morgan fingerprint density at radius 1 is 1.50 bits per heavy atom. The van der Waals surface area contributed by atoms with Crippen LogP contribution in [0.4, 0.5) is 0 Å². The molecular formula is C14H22O2. The van der Waals surface area contributed by atoms with Gasteiger partial charge in [-0.2, -0.15) is 0 Å². The highest BCUT2D eigenvalue weighted by atomic mass is 16.5. The van der Waals surface area contributed by atoms with E-state index in [-0.39, 0.29) is 17.6 Å². The number of aliphatic hydroxyl groups excluding tert-OH is 1. The average Bonchev–Trinajstić information content (AvgIpc) is 2.53. The van der Waals surface area contributed by atoms with E-state index in [1.165, 1.54) is 11.1 Å². The van der Waals surface area contributed by atoms with Gasteiger partial charge in [-0.05, 0) is 38.7 Å². The van der Waals surface area contributed by atoms with Crippen LogP contribution in [-0.2, 0) is 4.74 Å². The Hall–Kier alpha value is -0.600. The van der Waals surface area contributed by atoms with Crippen molar-refractivity contribution in [2.45, 2.75) is 52.2 Å². The largest absolute Gasteiger partial charge is 0.392 e. The summed E-state index contributed by atoms with van der Waals surface area (Å²) in [5.74, 6) is 0. The second kappa shape index (κ2) is 4.34. The molecule has 0 bridgehead atoms. The summed E-state index contributed by atoms with van der Waals surface area (Å²) in [4.78, 5) is 0. The molecule has 0 saturated heterocycles. The molecule has 0 saturated carbocycles. The zero-order valence-electron chi connectivity index (χ0n) is 10.5. The number of fused-ring (bicyclic) bond motifs is 1. The molecule has 2 rings (SSSR count). The van der Waals surface area contributed by atoms with Gasteiger partial charge in [0.2, 0.25) is 0 Å². The molecule has 3 atom stereocenters. The third-order valence-electron chi connectivity index (χ3n) is 4.16. The first-order chi connectivity index (χ1) is 7.60. The molecular weight excluding hydrogens is 200 g/mol. The van der Waals surface area contributed by atoms with Crippen molar-refractivity contribution in [1.82, 2.24) is 0 Å². The van der Waals surface area contributed by atoms with Gasteiger partial charge in [-0.1, -0.05) is 24.6 Å². The van der Waals surface area contributed by atoms with Crippen LogP contribution in [0.1, 0.15) is 40.0 Å². The van der Waals surface area contributed by atoms with E-state index in [0.717, 1.165) is 25.9 Å². The molecule has 0 fully saturated rings. The zero-order valence-corrected chi connectivity index (χ0v) is 10.5. The molecule has 1 N–H and O–H groups in total. The van der Waals surface area contributed by atoms with Crippen LogP contribution >= 0.6 is 0 Å². The molecule has 16 heavy (non-hydrogen) atoms. The number of ether oxygens (including phenoxy) is 1. The summed E-state index contributed by atoms with van der Waals surface area (Å²) in [6, 6.07) is 0. The highest BCUT2D eigenvalue weighted by molar-refractivity contribution is 5.42. The maximum Gasteiger partial charge on any atom is 0.0728 e. The van der Waals surface area contributed by atoms with E-state index in [9.17, 15) is 5.11 Å². The van der Waals surface area contributed by atoms with Gasteiger partial charge in [-0.15, -0.1) is 0 Å². The lowest BCUT2D eigenvalue weighted by atomic mass is 9.74. The Morgan fingerprint density at radius 2 is 2.25 bits per heavy atom. The van der Waals surface area contributed by atoms with Crippen molar-refractivity contribution >= 4 is 0 Å². The first-order valence-electron chi connectivity index (χ1n) is 6.28. The fraction of sp³-hybridized carbons (Fsp3) is 0.714. The van der Waals surface area contributed by atoms with Gasteiger partial charge in [-0.25, -0.2) is 0 Å². The zero-order chi connectivity index (χ0) is 11.8. The Labute approximate surface area is 98.0 Å². The Bertz CT molecular complexity index is 330. The summed E-state index contributed by atoms with van der Waals surface area (Å²) in [6.45, 7) is 7.04. The van der Waals surface area contributed by atoms with E-state index in [2.05, 4.69) is 26.0 Å². The molecule has 2 nitrogen and oxygen atoms in total. The molecule has 0 heterocycles. The molecule has 0 spiro atoms. The lowest BCUT2D eigenvalue weighted by Gasteiger charge is -2.38. The molecule has 0 aromatic heterocycles. The second-order valence-corrected chi connectivity index (χ2v) is 5.06. The summed E-state index contributed by atoms with van der Waals surface area (Å²) < 4.78 is 5.81. The van der Waals surface area contributed by atoms with Crippen molar-refractivity contribution in [2.75, 3.05) is 6.61 Å². The first-order valence-corrected chi connectivity index (χ1v) is 6.28. The first kappa shape index (κ1) is 11.9. The molecule has 0 aromatic carbocycles. The third kappa shape index (κ3) is 1.64. The van der Waals surface area contributed by atoms with E-state index >= 15 is 0 Å². The van der Waals surface area contributed by atoms with Crippen LogP contribution in [0.3, 0.4) is 0 Å². The van der Waals surface area contributed by atoms with Gasteiger partial charge < -0.3 is 9.84 Å². The second-order valence-electron chi connectivity index (χ2n) is 5.06. The molecule has 0 aromatic rings.